The predicted molar refractivity (Wildman–Crippen MR) is 124 cm³/mol. The molecule has 3 aromatic carbocycles. The van der Waals surface area contributed by atoms with Crippen LogP contribution >= 0.6 is 0 Å². The first-order valence-electron chi connectivity index (χ1n) is 10.9. The molecule has 0 fully saturated rings. The number of carbonyl (C=O) groups is 1. The smallest absolute Gasteiger partial charge is 0.332 e. The van der Waals surface area contributed by atoms with E-state index in [0.29, 0.717) is 16.5 Å². The van der Waals surface area contributed by atoms with E-state index in [9.17, 15) is 18.8 Å². The van der Waals surface area contributed by atoms with Gasteiger partial charge >= 0.3 is 5.69 Å². The molecular formula is C26H22FN3O3. The maximum atomic E-state index is 13.3. The first kappa shape index (κ1) is 20.9. The van der Waals surface area contributed by atoms with Crippen LogP contribution in [0.25, 0.3) is 10.9 Å². The van der Waals surface area contributed by atoms with Gasteiger partial charge in [0, 0.05) is 0 Å². The lowest BCUT2D eigenvalue weighted by Crippen LogP contribution is -2.43. The summed E-state index contributed by atoms with van der Waals surface area (Å²) in [7, 11) is 0. The minimum atomic E-state index is -0.579. The van der Waals surface area contributed by atoms with Gasteiger partial charge in [0.2, 0.25) is 5.91 Å². The first-order chi connectivity index (χ1) is 16.0. The molecule has 0 bridgehead atoms. The van der Waals surface area contributed by atoms with Crippen molar-refractivity contribution in [1.82, 2.24) is 14.5 Å². The van der Waals surface area contributed by atoms with Crippen LogP contribution in [0.1, 0.15) is 29.2 Å². The van der Waals surface area contributed by atoms with Gasteiger partial charge in [0.15, 0.2) is 0 Å². The van der Waals surface area contributed by atoms with Gasteiger partial charge in [0.05, 0.1) is 23.5 Å². The number of para-hydroxylation sites is 1. The van der Waals surface area contributed by atoms with E-state index in [2.05, 4.69) is 11.4 Å². The number of nitrogens with zero attached hydrogens (tertiary/aromatic N) is 2. The van der Waals surface area contributed by atoms with Crippen molar-refractivity contribution < 1.29 is 9.18 Å². The van der Waals surface area contributed by atoms with Crippen molar-refractivity contribution in [3.8, 4) is 0 Å². The molecule has 0 aliphatic heterocycles. The standard InChI is InChI=1S/C26H22FN3O3/c27-19-12-9-17(10-13-19)15-30-25(32)21-7-3-4-8-23(21)29(26(30)33)16-24(31)28-22-14-11-18-5-1-2-6-20(18)22/h1-10,12-13,22H,11,14-16H2,(H,28,31)/t22-/m1/s1. The van der Waals surface area contributed by atoms with E-state index in [-0.39, 0.29) is 25.0 Å². The summed E-state index contributed by atoms with van der Waals surface area (Å²) < 4.78 is 15.7. The summed E-state index contributed by atoms with van der Waals surface area (Å²) in [4.78, 5) is 39.3. The van der Waals surface area contributed by atoms with Gasteiger partial charge in [-0.3, -0.25) is 18.7 Å². The van der Waals surface area contributed by atoms with Gasteiger partial charge < -0.3 is 5.32 Å². The molecule has 1 heterocycles. The van der Waals surface area contributed by atoms with Crippen molar-refractivity contribution in [3.05, 3.63) is 116 Å². The second kappa shape index (κ2) is 8.50. The summed E-state index contributed by atoms with van der Waals surface area (Å²) in [6.07, 6.45) is 1.71. The van der Waals surface area contributed by atoms with Crippen molar-refractivity contribution in [2.45, 2.75) is 32.0 Å². The molecule has 1 N–H and O–H groups in total. The Morgan fingerprint density at radius 1 is 0.939 bits per heavy atom. The zero-order chi connectivity index (χ0) is 22.9. The molecule has 0 unspecified atom stereocenters. The van der Waals surface area contributed by atoms with E-state index >= 15 is 0 Å². The van der Waals surface area contributed by atoms with Crippen molar-refractivity contribution in [2.24, 2.45) is 0 Å². The molecule has 4 aromatic rings. The summed E-state index contributed by atoms with van der Waals surface area (Å²) in [5.74, 6) is -0.692. The van der Waals surface area contributed by atoms with E-state index < -0.39 is 17.1 Å². The van der Waals surface area contributed by atoms with E-state index in [1.807, 2.05) is 18.2 Å². The van der Waals surface area contributed by atoms with Crippen molar-refractivity contribution in [2.75, 3.05) is 0 Å². The molecule has 1 aromatic heterocycles. The van der Waals surface area contributed by atoms with Gasteiger partial charge in [-0.2, -0.15) is 0 Å². The van der Waals surface area contributed by atoms with Crippen molar-refractivity contribution in [3.63, 3.8) is 0 Å². The van der Waals surface area contributed by atoms with Crippen LogP contribution in [0.5, 0.6) is 0 Å². The average Bonchev–Trinajstić information content (AvgIpc) is 3.23. The molecule has 33 heavy (non-hydrogen) atoms. The highest BCUT2D eigenvalue weighted by Gasteiger charge is 2.24. The van der Waals surface area contributed by atoms with Gasteiger partial charge in [-0.05, 0) is 53.8 Å². The van der Waals surface area contributed by atoms with Crippen LogP contribution in [0, 0.1) is 5.82 Å². The first-order valence-corrected chi connectivity index (χ1v) is 10.9. The molecule has 166 valence electrons. The van der Waals surface area contributed by atoms with Gasteiger partial charge in [-0.1, -0.05) is 48.5 Å². The number of amides is 1. The number of benzene rings is 3. The van der Waals surface area contributed by atoms with Gasteiger partial charge in [-0.25, -0.2) is 9.18 Å². The molecule has 1 amide bonds. The van der Waals surface area contributed by atoms with E-state index in [4.69, 9.17) is 0 Å². The number of hydrogen-bond donors (Lipinski definition) is 1. The second-order valence-corrected chi connectivity index (χ2v) is 8.26. The maximum absolute atomic E-state index is 13.3. The SMILES string of the molecule is O=C(Cn1c(=O)n(Cc2ccc(F)cc2)c(=O)c2ccccc21)N[C@@H]1CCc2ccccc21. The Bertz CT molecular complexity index is 1470. The maximum Gasteiger partial charge on any atom is 0.332 e. The highest BCUT2D eigenvalue weighted by atomic mass is 19.1. The molecule has 0 saturated carbocycles. The third kappa shape index (κ3) is 3.98. The zero-order valence-corrected chi connectivity index (χ0v) is 17.8. The molecule has 5 rings (SSSR count). The summed E-state index contributed by atoms with van der Waals surface area (Å²) >= 11 is 0. The van der Waals surface area contributed by atoms with Gasteiger partial charge in [-0.15, -0.1) is 0 Å². The second-order valence-electron chi connectivity index (χ2n) is 8.26. The van der Waals surface area contributed by atoms with Crippen LogP contribution in [0.2, 0.25) is 0 Å². The Morgan fingerprint density at radius 2 is 1.67 bits per heavy atom. The van der Waals surface area contributed by atoms with Crippen LogP contribution in [0.4, 0.5) is 4.39 Å². The summed E-state index contributed by atoms with van der Waals surface area (Å²) in [6, 6.07) is 20.3. The van der Waals surface area contributed by atoms with Crippen LogP contribution in [-0.4, -0.2) is 15.0 Å². The number of nitrogens with one attached hydrogen (secondary N) is 1. The number of carbonyl (C=O) groups excluding carboxylic acids is 1. The minimum Gasteiger partial charge on any atom is -0.348 e. The van der Waals surface area contributed by atoms with E-state index in [1.165, 1.54) is 34.4 Å². The fraction of sp³-hybridized carbons (Fsp3) is 0.192. The normalized spacial score (nSPS) is 14.9. The number of halogens is 1. The fourth-order valence-corrected chi connectivity index (χ4v) is 4.53. The Kier molecular flexibility index (Phi) is 5.38. The van der Waals surface area contributed by atoms with Crippen LogP contribution in [0.15, 0.2) is 82.4 Å². The van der Waals surface area contributed by atoms with Gasteiger partial charge in [0.1, 0.15) is 12.4 Å². The molecule has 1 atom stereocenters. The molecule has 0 saturated heterocycles. The number of rotatable bonds is 5. The minimum absolute atomic E-state index is 0.0135. The monoisotopic (exact) mass is 443 g/mol. The Balaban J connectivity index is 1.49. The number of aryl methyl sites for hydroxylation is 1. The van der Waals surface area contributed by atoms with Crippen molar-refractivity contribution >= 4 is 16.8 Å². The molecule has 1 aliphatic rings. The van der Waals surface area contributed by atoms with Crippen LogP contribution < -0.4 is 16.6 Å². The molecule has 0 spiro atoms. The van der Waals surface area contributed by atoms with Crippen LogP contribution in [0.3, 0.4) is 0 Å². The average molecular weight is 443 g/mol. The fourth-order valence-electron chi connectivity index (χ4n) is 4.53. The third-order valence-corrected chi connectivity index (χ3v) is 6.16. The van der Waals surface area contributed by atoms with E-state index in [1.54, 1.807) is 24.3 Å². The summed E-state index contributed by atoms with van der Waals surface area (Å²) in [6.45, 7) is -0.220. The lowest BCUT2D eigenvalue weighted by Gasteiger charge is -2.17. The Hall–Kier alpha value is -4.00. The molecule has 6 nitrogen and oxygen atoms in total. The lowest BCUT2D eigenvalue weighted by atomic mass is 10.1. The largest absolute Gasteiger partial charge is 0.348 e. The topological polar surface area (TPSA) is 73.1 Å². The number of fused-ring (bicyclic) bond motifs is 2. The lowest BCUT2D eigenvalue weighted by molar-refractivity contribution is -0.122. The summed E-state index contributed by atoms with van der Waals surface area (Å²) in [5.41, 5.74) is 2.32. The summed E-state index contributed by atoms with van der Waals surface area (Å²) in [5, 5.41) is 3.38. The number of aromatic nitrogens is 2. The third-order valence-electron chi connectivity index (χ3n) is 6.16. The Labute approximate surface area is 188 Å². The quantitative estimate of drug-likeness (QED) is 0.515. The predicted octanol–water partition coefficient (Wildman–Crippen LogP) is 3.15. The highest BCUT2D eigenvalue weighted by molar-refractivity contribution is 5.82. The molecule has 0 radical (unpaired) electrons. The van der Waals surface area contributed by atoms with Crippen molar-refractivity contribution in [1.29, 1.82) is 0 Å². The van der Waals surface area contributed by atoms with Gasteiger partial charge in [0.25, 0.3) is 5.56 Å². The zero-order valence-electron chi connectivity index (χ0n) is 17.8. The highest BCUT2D eigenvalue weighted by Crippen LogP contribution is 2.30. The number of hydrogen-bond acceptors (Lipinski definition) is 3. The molecular weight excluding hydrogens is 421 g/mol. The molecule has 7 heteroatoms. The van der Waals surface area contributed by atoms with Crippen LogP contribution in [-0.2, 0) is 24.3 Å². The molecule has 1 aliphatic carbocycles. The Morgan fingerprint density at radius 3 is 2.48 bits per heavy atom. The van der Waals surface area contributed by atoms with E-state index in [0.717, 1.165) is 23.0 Å².